The molecule has 0 saturated carbocycles. The zero-order valence-corrected chi connectivity index (χ0v) is 16.7. The van der Waals surface area contributed by atoms with Crippen LogP contribution in [0.15, 0.2) is 66.7 Å². The Kier molecular flexibility index (Phi) is 7.02. The number of amides is 1. The van der Waals surface area contributed by atoms with Crippen molar-refractivity contribution in [1.82, 2.24) is 4.90 Å². The van der Waals surface area contributed by atoms with E-state index in [1.54, 1.807) is 24.3 Å². The van der Waals surface area contributed by atoms with E-state index in [4.69, 9.17) is 9.84 Å². The third-order valence-electron chi connectivity index (χ3n) is 5.10. The van der Waals surface area contributed by atoms with Crippen LogP contribution in [0.4, 0.5) is 13.6 Å². The first kappa shape index (κ1) is 22.4. The van der Waals surface area contributed by atoms with E-state index in [0.29, 0.717) is 19.4 Å². The molecule has 1 amide bonds. The summed E-state index contributed by atoms with van der Waals surface area (Å²) < 4.78 is 33.9. The van der Waals surface area contributed by atoms with E-state index in [1.165, 1.54) is 41.3 Å². The first-order valence-corrected chi connectivity index (χ1v) is 9.84. The fourth-order valence-corrected chi connectivity index (χ4v) is 3.38. The van der Waals surface area contributed by atoms with Gasteiger partial charge in [-0.1, -0.05) is 54.6 Å². The van der Waals surface area contributed by atoms with Crippen LogP contribution in [-0.4, -0.2) is 52.5 Å². The zero-order valence-electron chi connectivity index (χ0n) is 16.7. The average molecular weight is 431 g/mol. The Morgan fingerprint density at radius 2 is 1.97 bits per heavy atom. The highest BCUT2D eigenvalue weighted by Gasteiger charge is 2.39. The molecule has 0 radical (unpaired) electrons. The predicted octanol–water partition coefficient (Wildman–Crippen LogP) is 3.85. The van der Waals surface area contributed by atoms with Gasteiger partial charge < -0.3 is 14.9 Å². The van der Waals surface area contributed by atoms with Gasteiger partial charge in [0.05, 0.1) is 11.6 Å². The smallest absolute Gasteiger partial charge is 0.410 e. The van der Waals surface area contributed by atoms with Crippen LogP contribution in [0.25, 0.3) is 0 Å². The van der Waals surface area contributed by atoms with Crippen molar-refractivity contribution in [2.24, 2.45) is 0 Å². The van der Waals surface area contributed by atoms with E-state index < -0.39 is 30.1 Å². The molecule has 0 bridgehead atoms. The van der Waals surface area contributed by atoms with Crippen LogP contribution >= 0.6 is 0 Å². The van der Waals surface area contributed by atoms with Crippen molar-refractivity contribution < 1.29 is 33.3 Å². The van der Waals surface area contributed by atoms with Gasteiger partial charge >= 0.3 is 18.0 Å². The lowest BCUT2D eigenvalue weighted by molar-refractivity contribution is -0.0929. The Labute approximate surface area is 178 Å². The van der Waals surface area contributed by atoms with Crippen LogP contribution in [0, 0.1) is 0 Å². The molecule has 2 unspecified atom stereocenters. The number of aromatic carboxylic acids is 1. The molecule has 1 aliphatic rings. The van der Waals surface area contributed by atoms with Gasteiger partial charge in [-0.05, 0) is 30.5 Å². The minimum Gasteiger partial charge on any atom is -0.478 e. The maximum atomic E-state index is 14.4. The van der Waals surface area contributed by atoms with Crippen LogP contribution in [-0.2, 0) is 17.1 Å². The number of carboxylic acid groups (broad SMARTS) is 1. The minimum absolute atomic E-state index is 0.00740. The van der Waals surface area contributed by atoms with Crippen molar-refractivity contribution in [3.63, 3.8) is 0 Å². The molecule has 6 nitrogen and oxygen atoms in total. The summed E-state index contributed by atoms with van der Waals surface area (Å²) in [5.41, 5.74) is 0.705. The second kappa shape index (κ2) is 9.70. The number of carbonyl (C=O) groups is 2. The highest BCUT2D eigenvalue weighted by Crippen LogP contribution is 2.32. The van der Waals surface area contributed by atoms with Crippen molar-refractivity contribution >= 4 is 12.1 Å². The lowest BCUT2D eigenvalue weighted by Crippen LogP contribution is -2.34. The molecule has 8 heteroatoms. The van der Waals surface area contributed by atoms with Crippen LogP contribution in [0.2, 0.25) is 0 Å². The van der Waals surface area contributed by atoms with Crippen LogP contribution in [0.1, 0.15) is 27.9 Å². The third-order valence-corrected chi connectivity index (χ3v) is 5.10. The van der Waals surface area contributed by atoms with E-state index >= 15 is 0 Å². The van der Waals surface area contributed by atoms with Gasteiger partial charge in [0.25, 0.3) is 0 Å². The number of carboxylic acids is 1. The number of benzene rings is 2. The van der Waals surface area contributed by atoms with Crippen molar-refractivity contribution in [3.8, 4) is 0 Å². The van der Waals surface area contributed by atoms with Gasteiger partial charge in [0.2, 0.25) is 0 Å². The van der Waals surface area contributed by atoms with E-state index in [-0.39, 0.29) is 17.7 Å². The summed E-state index contributed by atoms with van der Waals surface area (Å²) in [6.07, 6.45) is 0.811. The summed E-state index contributed by atoms with van der Waals surface area (Å²) >= 11 is 0. The molecule has 0 aromatic heterocycles. The molecule has 2 N–H and O–H groups in total. The predicted molar refractivity (Wildman–Crippen MR) is 109 cm³/mol. The quantitative estimate of drug-likeness (QED) is 0.589. The first-order chi connectivity index (χ1) is 14.8. The standard InChI is InChI=1S/C23H23F2NO5/c24-23(25,18-9-2-1-3-10-18)20(27)12-11-19-15-31-22(30)26(19)13-5-7-16-6-4-8-17(14-16)21(28)29/h1-4,6,8-12,14,19-20,27H,5,7,13,15H2,(H,28,29)/b12-11+. The molecule has 1 aliphatic heterocycles. The molecule has 1 saturated heterocycles. The van der Waals surface area contributed by atoms with Crippen LogP contribution in [0.3, 0.4) is 0 Å². The summed E-state index contributed by atoms with van der Waals surface area (Å²) in [6, 6.07) is 13.0. The molecule has 31 heavy (non-hydrogen) atoms. The minimum atomic E-state index is -3.47. The molecule has 2 aromatic rings. The number of cyclic esters (lactones) is 1. The molecule has 164 valence electrons. The maximum absolute atomic E-state index is 14.4. The van der Waals surface area contributed by atoms with Crippen molar-refractivity contribution in [2.45, 2.75) is 30.9 Å². The van der Waals surface area contributed by atoms with E-state index in [2.05, 4.69) is 0 Å². The van der Waals surface area contributed by atoms with E-state index in [0.717, 1.165) is 11.6 Å². The lowest BCUT2D eigenvalue weighted by atomic mass is 10.0. The van der Waals surface area contributed by atoms with Gasteiger partial charge in [0, 0.05) is 12.1 Å². The lowest BCUT2D eigenvalue weighted by Gasteiger charge is -2.22. The molecule has 1 fully saturated rings. The largest absolute Gasteiger partial charge is 0.478 e. The molecule has 3 rings (SSSR count). The van der Waals surface area contributed by atoms with Gasteiger partial charge in [0.1, 0.15) is 12.7 Å². The molecule has 2 atom stereocenters. The average Bonchev–Trinajstić information content (AvgIpc) is 3.12. The second-order valence-electron chi connectivity index (χ2n) is 7.27. The van der Waals surface area contributed by atoms with Crippen LogP contribution < -0.4 is 0 Å². The number of hydrogen-bond acceptors (Lipinski definition) is 4. The number of rotatable bonds is 9. The SMILES string of the molecule is O=C(O)c1cccc(CCCN2C(=O)OCC2/C=C/C(O)C(F)(F)c2ccccc2)c1. The number of aliphatic hydroxyl groups excluding tert-OH is 1. The molecule has 0 spiro atoms. The fourth-order valence-electron chi connectivity index (χ4n) is 3.38. The third kappa shape index (κ3) is 5.46. The fraction of sp³-hybridized carbons (Fsp3) is 0.304. The monoisotopic (exact) mass is 431 g/mol. The van der Waals surface area contributed by atoms with Gasteiger partial charge in [-0.2, -0.15) is 8.78 Å². The summed E-state index contributed by atoms with van der Waals surface area (Å²) in [5, 5.41) is 19.1. The Morgan fingerprint density at radius 1 is 1.23 bits per heavy atom. The van der Waals surface area contributed by atoms with Crippen LogP contribution in [0.5, 0.6) is 0 Å². The summed E-state index contributed by atoms with van der Waals surface area (Å²) in [5.74, 6) is -4.48. The molecular formula is C23H23F2NO5. The van der Waals surface area contributed by atoms with Crippen molar-refractivity contribution in [1.29, 1.82) is 0 Å². The number of aliphatic hydroxyl groups is 1. The zero-order chi connectivity index (χ0) is 22.4. The Hall–Kier alpha value is -3.26. The topological polar surface area (TPSA) is 87.1 Å². The van der Waals surface area contributed by atoms with Crippen molar-refractivity contribution in [2.75, 3.05) is 13.2 Å². The molecule has 1 heterocycles. The number of halogens is 2. The number of aryl methyl sites for hydroxylation is 1. The number of carbonyl (C=O) groups excluding carboxylic acids is 1. The first-order valence-electron chi connectivity index (χ1n) is 9.84. The second-order valence-corrected chi connectivity index (χ2v) is 7.27. The Bertz CT molecular complexity index is 948. The number of hydrogen-bond donors (Lipinski definition) is 2. The van der Waals surface area contributed by atoms with Gasteiger partial charge in [-0.3, -0.25) is 4.90 Å². The molecule has 0 aliphatic carbocycles. The molecular weight excluding hydrogens is 408 g/mol. The number of ether oxygens (including phenoxy) is 1. The Balaban J connectivity index is 1.59. The number of nitrogens with zero attached hydrogens (tertiary/aromatic N) is 1. The number of alkyl halides is 2. The van der Waals surface area contributed by atoms with E-state index in [1.807, 2.05) is 0 Å². The maximum Gasteiger partial charge on any atom is 0.410 e. The highest BCUT2D eigenvalue weighted by molar-refractivity contribution is 5.87. The summed E-state index contributed by atoms with van der Waals surface area (Å²) in [6.45, 7) is 0.309. The van der Waals surface area contributed by atoms with Gasteiger partial charge in [0.15, 0.2) is 0 Å². The summed E-state index contributed by atoms with van der Waals surface area (Å²) in [7, 11) is 0. The Morgan fingerprint density at radius 3 is 2.68 bits per heavy atom. The summed E-state index contributed by atoms with van der Waals surface area (Å²) in [4.78, 5) is 24.5. The van der Waals surface area contributed by atoms with Gasteiger partial charge in [-0.25, -0.2) is 9.59 Å². The van der Waals surface area contributed by atoms with Gasteiger partial charge in [-0.15, -0.1) is 0 Å². The normalized spacial score (nSPS) is 17.7. The van der Waals surface area contributed by atoms with E-state index in [9.17, 15) is 23.5 Å². The highest BCUT2D eigenvalue weighted by atomic mass is 19.3. The van der Waals surface area contributed by atoms with Crippen molar-refractivity contribution in [3.05, 3.63) is 83.4 Å². The molecule has 2 aromatic carbocycles.